The van der Waals surface area contributed by atoms with Gasteiger partial charge < -0.3 is 31.4 Å². The molecule has 234 valence electrons. The van der Waals surface area contributed by atoms with Crippen molar-refractivity contribution in [1.82, 2.24) is 0 Å². The molecule has 0 aromatic carbocycles. The number of hydrogen-bond donors (Lipinski definition) is 3. The van der Waals surface area contributed by atoms with E-state index >= 15 is 0 Å². The largest absolute Gasteiger partial charge is 0.378 e. The average molecular weight is 564 g/mol. The van der Waals surface area contributed by atoms with Crippen LogP contribution in [0.4, 0.5) is 0 Å². The first-order valence-corrected chi connectivity index (χ1v) is 17.3. The third kappa shape index (κ3) is 6.63. The Bertz CT molecular complexity index is 754. The first-order chi connectivity index (χ1) is 19.3. The molecule has 4 saturated carbocycles. The predicted molar refractivity (Wildman–Crippen MR) is 165 cm³/mol. The number of hydrogen-bond acceptors (Lipinski definition) is 6. The smallest absolute Gasteiger partial charge is 0.0637 e. The van der Waals surface area contributed by atoms with Crippen molar-refractivity contribution in [2.24, 2.45) is 63.5 Å². The van der Waals surface area contributed by atoms with Gasteiger partial charge in [-0.3, -0.25) is 0 Å². The first kappa shape index (κ1) is 32.7. The topological polar surface area (TPSA) is 106 Å². The minimum atomic E-state index is 0.212. The van der Waals surface area contributed by atoms with E-state index < -0.39 is 0 Å². The first-order valence-electron chi connectivity index (χ1n) is 17.3. The summed E-state index contributed by atoms with van der Waals surface area (Å²) in [6.45, 7) is 14.6. The van der Waals surface area contributed by atoms with Crippen LogP contribution in [-0.2, 0) is 14.2 Å². The van der Waals surface area contributed by atoms with Gasteiger partial charge in [-0.15, -0.1) is 0 Å². The van der Waals surface area contributed by atoms with E-state index in [1.165, 1.54) is 64.2 Å². The molecule has 0 bridgehead atoms. The zero-order valence-corrected chi connectivity index (χ0v) is 26.6. The Hall–Kier alpha value is -0.240. The van der Waals surface area contributed by atoms with E-state index in [0.717, 1.165) is 50.9 Å². The molecule has 6 nitrogen and oxygen atoms in total. The monoisotopic (exact) mass is 564 g/mol. The summed E-state index contributed by atoms with van der Waals surface area (Å²) in [4.78, 5) is 0. The van der Waals surface area contributed by atoms with Crippen LogP contribution in [0.5, 0.6) is 0 Å². The molecule has 0 saturated heterocycles. The van der Waals surface area contributed by atoms with Crippen LogP contribution in [0.15, 0.2) is 0 Å². The van der Waals surface area contributed by atoms with Crippen LogP contribution in [0, 0.1) is 46.3 Å². The Labute approximate surface area is 246 Å². The average Bonchev–Trinajstić information content (AvgIpc) is 3.31. The van der Waals surface area contributed by atoms with Gasteiger partial charge in [-0.25, -0.2) is 0 Å². The van der Waals surface area contributed by atoms with Gasteiger partial charge in [-0.1, -0.05) is 47.0 Å². The lowest BCUT2D eigenvalue weighted by atomic mass is 9.43. The lowest BCUT2D eigenvalue weighted by Crippen LogP contribution is -2.63. The van der Waals surface area contributed by atoms with Gasteiger partial charge in [0.25, 0.3) is 0 Å². The van der Waals surface area contributed by atoms with E-state index in [0.29, 0.717) is 67.0 Å². The minimum Gasteiger partial charge on any atom is -0.378 e. The van der Waals surface area contributed by atoms with Gasteiger partial charge in [0.05, 0.1) is 18.3 Å². The van der Waals surface area contributed by atoms with Crippen LogP contribution in [0.3, 0.4) is 0 Å². The molecule has 0 spiro atoms. The number of nitrogens with two attached hydrogens (primary N) is 3. The fraction of sp³-hybridized carbons (Fsp3) is 1.00. The van der Waals surface area contributed by atoms with Crippen LogP contribution in [0.25, 0.3) is 0 Å². The number of rotatable bonds is 16. The predicted octanol–water partition coefficient (Wildman–Crippen LogP) is 5.89. The quantitative estimate of drug-likeness (QED) is 0.202. The number of unbranched alkanes of at least 4 members (excludes halogenated alkanes) is 1. The van der Waals surface area contributed by atoms with Gasteiger partial charge in [0.1, 0.15) is 0 Å². The Morgan fingerprint density at radius 3 is 2.12 bits per heavy atom. The molecule has 6 heteroatoms. The van der Waals surface area contributed by atoms with Crippen molar-refractivity contribution >= 4 is 0 Å². The molecule has 0 amide bonds. The number of fused-ring (bicyclic) bond motifs is 5. The number of ether oxygens (including phenoxy) is 3. The van der Waals surface area contributed by atoms with Crippen molar-refractivity contribution in [2.45, 2.75) is 129 Å². The molecule has 0 aromatic rings. The van der Waals surface area contributed by atoms with Gasteiger partial charge in [0.2, 0.25) is 0 Å². The second-order valence-corrected chi connectivity index (χ2v) is 14.6. The zero-order chi connectivity index (χ0) is 28.8. The Balaban J connectivity index is 1.64. The summed E-state index contributed by atoms with van der Waals surface area (Å²) < 4.78 is 20.2. The lowest BCUT2D eigenvalue weighted by molar-refractivity contribution is -0.227. The highest BCUT2D eigenvalue weighted by atomic mass is 16.5. The van der Waals surface area contributed by atoms with Crippen molar-refractivity contribution in [2.75, 3.05) is 39.5 Å². The normalized spacial score (nSPS) is 41.8. The van der Waals surface area contributed by atoms with Gasteiger partial charge >= 0.3 is 0 Å². The van der Waals surface area contributed by atoms with Crippen LogP contribution in [0.2, 0.25) is 0 Å². The second-order valence-electron chi connectivity index (χ2n) is 14.6. The van der Waals surface area contributed by atoms with E-state index in [1.807, 2.05) is 0 Å². The summed E-state index contributed by atoms with van der Waals surface area (Å²) in [5.41, 5.74) is 18.2. The Kier molecular flexibility index (Phi) is 12.2. The summed E-state index contributed by atoms with van der Waals surface area (Å²) in [5, 5.41) is 0. The molecule has 4 aliphatic carbocycles. The fourth-order valence-electron chi connectivity index (χ4n) is 10.3. The minimum absolute atomic E-state index is 0.212. The van der Waals surface area contributed by atoms with Crippen molar-refractivity contribution < 1.29 is 14.2 Å². The van der Waals surface area contributed by atoms with Crippen molar-refractivity contribution in [1.29, 1.82) is 0 Å². The molecule has 40 heavy (non-hydrogen) atoms. The van der Waals surface area contributed by atoms with Crippen LogP contribution >= 0.6 is 0 Å². The highest BCUT2D eigenvalue weighted by Crippen LogP contribution is 2.69. The van der Waals surface area contributed by atoms with Gasteiger partial charge in [-0.05, 0) is 125 Å². The molecule has 0 radical (unpaired) electrons. The maximum atomic E-state index is 6.95. The Morgan fingerprint density at radius 1 is 0.775 bits per heavy atom. The van der Waals surface area contributed by atoms with E-state index in [1.54, 1.807) is 0 Å². The highest BCUT2D eigenvalue weighted by Gasteiger charge is 2.66. The molecule has 4 aliphatic rings. The molecule has 0 aliphatic heterocycles. The highest BCUT2D eigenvalue weighted by molar-refractivity contribution is 5.15. The third-order valence-corrected chi connectivity index (χ3v) is 12.5. The van der Waals surface area contributed by atoms with Crippen molar-refractivity contribution in [3.8, 4) is 0 Å². The summed E-state index contributed by atoms with van der Waals surface area (Å²) >= 11 is 0. The maximum absolute atomic E-state index is 6.95. The van der Waals surface area contributed by atoms with E-state index in [2.05, 4.69) is 27.7 Å². The molecular weight excluding hydrogens is 498 g/mol. The summed E-state index contributed by atoms with van der Waals surface area (Å²) in [6, 6.07) is 0. The molecule has 4 rings (SSSR count). The maximum Gasteiger partial charge on any atom is 0.0637 e. The van der Waals surface area contributed by atoms with Crippen molar-refractivity contribution in [3.05, 3.63) is 0 Å². The van der Waals surface area contributed by atoms with Crippen LogP contribution < -0.4 is 17.2 Å². The fourth-order valence-corrected chi connectivity index (χ4v) is 10.3. The van der Waals surface area contributed by atoms with E-state index in [4.69, 9.17) is 31.4 Å². The molecule has 0 aromatic heterocycles. The van der Waals surface area contributed by atoms with Crippen LogP contribution in [0.1, 0.15) is 111 Å². The summed E-state index contributed by atoms with van der Waals surface area (Å²) in [5.74, 6) is 4.05. The molecule has 5 unspecified atom stereocenters. The molecule has 4 fully saturated rings. The molecule has 6 N–H and O–H groups in total. The SMILES string of the molecule is CCCC[C@@H](C)C1CC[C@H]2C3[C@H](OCCCN)CC4C[C@H](OCCCN)CCC4(C)[C@H]3C[C@H](OCCCN)C12C. The second kappa shape index (κ2) is 15.0. The van der Waals surface area contributed by atoms with E-state index in [9.17, 15) is 0 Å². The summed E-state index contributed by atoms with van der Waals surface area (Å²) in [6.07, 6.45) is 16.5. The standard InChI is InChI=1S/C34H65N3O3/c1-5-6-10-24(2)27-11-12-28-32-29(23-31(34(27,28)4)40-20-9-17-37)33(3)14-13-26(38-18-7-15-35)21-25(33)22-30(32)39-19-8-16-36/h24-32H,5-23,35-37H2,1-4H3/t24-,25?,26-,27?,28+,29+,30-,31+,32?,33?,34?/m1/s1. The van der Waals surface area contributed by atoms with Crippen molar-refractivity contribution in [3.63, 3.8) is 0 Å². The third-order valence-electron chi connectivity index (χ3n) is 12.5. The van der Waals surface area contributed by atoms with E-state index in [-0.39, 0.29) is 5.41 Å². The van der Waals surface area contributed by atoms with Gasteiger partial charge in [-0.2, -0.15) is 0 Å². The lowest BCUT2D eigenvalue weighted by Gasteiger charge is -2.65. The summed E-state index contributed by atoms with van der Waals surface area (Å²) in [7, 11) is 0. The van der Waals surface area contributed by atoms with Gasteiger partial charge in [0.15, 0.2) is 0 Å². The molecule has 0 heterocycles. The molecular formula is C34H65N3O3. The molecule has 11 atom stereocenters. The van der Waals surface area contributed by atoms with Gasteiger partial charge in [0, 0.05) is 25.2 Å². The van der Waals surface area contributed by atoms with Crippen LogP contribution in [-0.4, -0.2) is 57.8 Å². The Morgan fingerprint density at radius 2 is 1.45 bits per heavy atom. The zero-order valence-electron chi connectivity index (χ0n) is 26.6.